The van der Waals surface area contributed by atoms with Gasteiger partial charge >= 0.3 is 0 Å². The van der Waals surface area contributed by atoms with Crippen LogP contribution < -0.4 is 5.32 Å². The van der Waals surface area contributed by atoms with Crippen LogP contribution in [0.15, 0.2) is 0 Å². The van der Waals surface area contributed by atoms with Crippen molar-refractivity contribution in [2.75, 3.05) is 47.0 Å². The molecular formula is C12H26N2O3. The van der Waals surface area contributed by atoms with Gasteiger partial charge in [-0.15, -0.1) is 0 Å². The number of likely N-dealkylation sites (N-methyl/N-ethyl adjacent to an activating group) is 1. The maximum Gasteiger partial charge on any atom is 0.234 e. The molecule has 0 unspecified atom stereocenters. The van der Waals surface area contributed by atoms with Crippen LogP contribution in [-0.2, 0) is 14.3 Å². The fourth-order valence-electron chi connectivity index (χ4n) is 1.27. The van der Waals surface area contributed by atoms with Crippen LogP contribution in [-0.4, -0.2) is 63.9 Å². The Bertz CT molecular complexity index is 198. The van der Waals surface area contributed by atoms with Crippen LogP contribution in [0.5, 0.6) is 0 Å². The number of carbonyl (C=O) groups is 1. The zero-order chi connectivity index (χ0) is 13.1. The molecule has 0 aromatic carbocycles. The first-order chi connectivity index (χ1) is 8.06. The number of rotatable bonds is 10. The molecule has 0 spiro atoms. The minimum atomic E-state index is 0.0492. The lowest BCUT2D eigenvalue weighted by molar-refractivity contribution is -0.122. The fourth-order valence-corrected chi connectivity index (χ4v) is 1.27. The van der Waals surface area contributed by atoms with Crippen LogP contribution in [0.2, 0.25) is 0 Å². The standard InChI is InChI=1S/C12H26N2O3/c1-11(2)17-9-7-14(3)10-12(15)13-6-5-8-16-4/h11H,5-10H2,1-4H3,(H,13,15). The van der Waals surface area contributed by atoms with Crippen molar-refractivity contribution in [2.24, 2.45) is 0 Å². The van der Waals surface area contributed by atoms with Gasteiger partial charge in [-0.2, -0.15) is 0 Å². The maximum atomic E-state index is 11.5. The highest BCUT2D eigenvalue weighted by molar-refractivity contribution is 5.77. The minimum Gasteiger partial charge on any atom is -0.385 e. The molecule has 0 radical (unpaired) electrons. The van der Waals surface area contributed by atoms with E-state index in [-0.39, 0.29) is 12.0 Å². The van der Waals surface area contributed by atoms with E-state index in [0.717, 1.165) is 13.0 Å². The van der Waals surface area contributed by atoms with E-state index in [1.54, 1.807) is 7.11 Å². The molecule has 0 aliphatic rings. The Labute approximate surface area is 104 Å². The predicted octanol–water partition coefficient (Wildman–Crippen LogP) is 0.496. The Balaban J connectivity index is 3.45. The lowest BCUT2D eigenvalue weighted by atomic mass is 10.4. The van der Waals surface area contributed by atoms with E-state index in [1.807, 2.05) is 25.8 Å². The Morgan fingerprint density at radius 1 is 1.35 bits per heavy atom. The first-order valence-corrected chi connectivity index (χ1v) is 6.12. The summed E-state index contributed by atoms with van der Waals surface area (Å²) in [6.45, 7) is 7.19. The summed E-state index contributed by atoms with van der Waals surface area (Å²) in [6, 6.07) is 0. The SMILES string of the molecule is COCCCNC(=O)CN(C)CCOC(C)C. The molecule has 0 atom stereocenters. The molecule has 5 nitrogen and oxygen atoms in total. The quantitative estimate of drug-likeness (QED) is 0.570. The lowest BCUT2D eigenvalue weighted by Crippen LogP contribution is -2.37. The van der Waals surface area contributed by atoms with Crippen molar-refractivity contribution in [3.63, 3.8) is 0 Å². The zero-order valence-corrected chi connectivity index (χ0v) is 11.5. The van der Waals surface area contributed by atoms with E-state index in [4.69, 9.17) is 9.47 Å². The van der Waals surface area contributed by atoms with Crippen LogP contribution in [0, 0.1) is 0 Å². The second-order valence-corrected chi connectivity index (χ2v) is 4.35. The summed E-state index contributed by atoms with van der Waals surface area (Å²) in [5, 5.41) is 2.85. The van der Waals surface area contributed by atoms with E-state index in [1.165, 1.54) is 0 Å². The second-order valence-electron chi connectivity index (χ2n) is 4.35. The molecule has 1 N–H and O–H groups in total. The fraction of sp³-hybridized carbons (Fsp3) is 0.917. The number of methoxy groups -OCH3 is 1. The highest BCUT2D eigenvalue weighted by atomic mass is 16.5. The van der Waals surface area contributed by atoms with Gasteiger partial charge in [0.25, 0.3) is 0 Å². The summed E-state index contributed by atoms with van der Waals surface area (Å²) < 4.78 is 10.3. The van der Waals surface area contributed by atoms with E-state index < -0.39 is 0 Å². The predicted molar refractivity (Wildman–Crippen MR) is 68.1 cm³/mol. The molecule has 0 aliphatic heterocycles. The summed E-state index contributed by atoms with van der Waals surface area (Å²) in [5.74, 6) is 0.0492. The van der Waals surface area contributed by atoms with Gasteiger partial charge in [0, 0.05) is 26.8 Å². The largest absolute Gasteiger partial charge is 0.385 e. The van der Waals surface area contributed by atoms with Crippen LogP contribution >= 0.6 is 0 Å². The van der Waals surface area contributed by atoms with Gasteiger partial charge in [0.05, 0.1) is 19.3 Å². The molecule has 5 heteroatoms. The van der Waals surface area contributed by atoms with Crippen molar-refractivity contribution < 1.29 is 14.3 Å². The van der Waals surface area contributed by atoms with Crippen LogP contribution in [0.25, 0.3) is 0 Å². The molecular weight excluding hydrogens is 220 g/mol. The molecule has 0 aliphatic carbocycles. The number of nitrogens with one attached hydrogen (secondary N) is 1. The Hall–Kier alpha value is -0.650. The van der Waals surface area contributed by atoms with Crippen LogP contribution in [0.1, 0.15) is 20.3 Å². The average Bonchev–Trinajstić information content (AvgIpc) is 2.23. The minimum absolute atomic E-state index is 0.0492. The molecule has 0 saturated carbocycles. The van der Waals surface area contributed by atoms with E-state index in [2.05, 4.69) is 5.32 Å². The molecule has 0 aromatic heterocycles. The molecule has 0 fully saturated rings. The van der Waals surface area contributed by atoms with Crippen molar-refractivity contribution >= 4 is 5.91 Å². The third-order valence-electron chi connectivity index (χ3n) is 2.19. The summed E-state index contributed by atoms with van der Waals surface area (Å²) in [6.07, 6.45) is 1.09. The number of nitrogens with zero attached hydrogens (tertiary/aromatic N) is 1. The molecule has 0 saturated heterocycles. The Morgan fingerprint density at radius 2 is 2.06 bits per heavy atom. The van der Waals surface area contributed by atoms with Crippen molar-refractivity contribution in [1.29, 1.82) is 0 Å². The van der Waals surface area contributed by atoms with Gasteiger partial charge in [0.1, 0.15) is 0 Å². The first kappa shape index (κ1) is 16.4. The smallest absolute Gasteiger partial charge is 0.234 e. The number of ether oxygens (including phenoxy) is 2. The number of carbonyl (C=O) groups excluding carboxylic acids is 1. The first-order valence-electron chi connectivity index (χ1n) is 6.12. The summed E-state index contributed by atoms with van der Waals surface area (Å²) in [7, 11) is 3.57. The van der Waals surface area contributed by atoms with E-state index in [9.17, 15) is 4.79 Å². The van der Waals surface area contributed by atoms with Gasteiger partial charge in [-0.3, -0.25) is 9.69 Å². The van der Waals surface area contributed by atoms with Crippen LogP contribution in [0.4, 0.5) is 0 Å². The summed E-state index contributed by atoms with van der Waals surface area (Å²) >= 11 is 0. The molecule has 17 heavy (non-hydrogen) atoms. The molecule has 0 bridgehead atoms. The van der Waals surface area contributed by atoms with Crippen molar-refractivity contribution in [3.8, 4) is 0 Å². The van der Waals surface area contributed by atoms with Gasteiger partial charge in [-0.05, 0) is 27.3 Å². The molecule has 0 rings (SSSR count). The van der Waals surface area contributed by atoms with Crippen LogP contribution in [0.3, 0.4) is 0 Å². The van der Waals surface area contributed by atoms with Gasteiger partial charge < -0.3 is 14.8 Å². The highest BCUT2D eigenvalue weighted by Gasteiger charge is 2.05. The van der Waals surface area contributed by atoms with Gasteiger partial charge in [0.15, 0.2) is 0 Å². The summed E-state index contributed by atoms with van der Waals surface area (Å²) in [4.78, 5) is 13.4. The number of hydrogen-bond acceptors (Lipinski definition) is 4. The third kappa shape index (κ3) is 11.6. The molecule has 0 heterocycles. The number of amides is 1. The van der Waals surface area contributed by atoms with Gasteiger partial charge in [-0.1, -0.05) is 0 Å². The molecule has 1 amide bonds. The third-order valence-corrected chi connectivity index (χ3v) is 2.19. The monoisotopic (exact) mass is 246 g/mol. The highest BCUT2D eigenvalue weighted by Crippen LogP contribution is 1.89. The number of hydrogen-bond donors (Lipinski definition) is 1. The van der Waals surface area contributed by atoms with Crippen molar-refractivity contribution in [3.05, 3.63) is 0 Å². The Morgan fingerprint density at radius 3 is 2.65 bits per heavy atom. The maximum absolute atomic E-state index is 11.5. The van der Waals surface area contributed by atoms with E-state index >= 15 is 0 Å². The normalized spacial score (nSPS) is 11.2. The van der Waals surface area contributed by atoms with E-state index in [0.29, 0.717) is 26.3 Å². The van der Waals surface area contributed by atoms with Gasteiger partial charge in [-0.25, -0.2) is 0 Å². The Kier molecular flexibility index (Phi) is 10.1. The molecule has 102 valence electrons. The second kappa shape index (κ2) is 10.5. The summed E-state index contributed by atoms with van der Waals surface area (Å²) in [5.41, 5.74) is 0. The average molecular weight is 246 g/mol. The van der Waals surface area contributed by atoms with Crippen molar-refractivity contribution in [2.45, 2.75) is 26.4 Å². The van der Waals surface area contributed by atoms with Crippen molar-refractivity contribution in [1.82, 2.24) is 10.2 Å². The topological polar surface area (TPSA) is 50.8 Å². The lowest BCUT2D eigenvalue weighted by Gasteiger charge is -2.17. The zero-order valence-electron chi connectivity index (χ0n) is 11.5. The molecule has 0 aromatic rings. The van der Waals surface area contributed by atoms with Gasteiger partial charge in [0.2, 0.25) is 5.91 Å².